The Kier molecular flexibility index (Phi) is 4.66. The molecule has 7 nitrogen and oxygen atoms in total. The lowest BCUT2D eigenvalue weighted by Gasteiger charge is -2.09. The molecule has 4 aromatic rings. The number of carboxylic acids is 1. The molecule has 0 bridgehead atoms. The van der Waals surface area contributed by atoms with Crippen LogP contribution in [0.15, 0.2) is 50.2 Å². The Morgan fingerprint density at radius 1 is 1.03 bits per heavy atom. The monoisotopic (exact) mass is 420 g/mol. The Bertz CT molecular complexity index is 1380. The standard InChI is InChI=1S/C24H20O7/c1-13-15(4-6-23(25)26)24(27)31-21-11-20-17(10-16(13)21)18(12-30-20)14-3-5-19-22(9-14)29-8-2-7-28-19/h3,5,9-12H,2,4,6-8H2,1H3,(H,25,26). The fourth-order valence-electron chi connectivity index (χ4n) is 3.99. The molecule has 0 saturated carbocycles. The molecule has 0 fully saturated rings. The largest absolute Gasteiger partial charge is 0.490 e. The molecule has 0 atom stereocenters. The predicted molar refractivity (Wildman–Crippen MR) is 114 cm³/mol. The number of rotatable bonds is 4. The van der Waals surface area contributed by atoms with Gasteiger partial charge in [-0.2, -0.15) is 0 Å². The van der Waals surface area contributed by atoms with Gasteiger partial charge in [0, 0.05) is 40.8 Å². The Labute approximate surface area is 176 Å². The van der Waals surface area contributed by atoms with E-state index >= 15 is 0 Å². The Hall–Kier alpha value is -3.74. The fraction of sp³-hybridized carbons (Fsp3) is 0.250. The van der Waals surface area contributed by atoms with E-state index in [0.717, 1.165) is 39.6 Å². The number of ether oxygens (including phenoxy) is 2. The van der Waals surface area contributed by atoms with Gasteiger partial charge in [0.15, 0.2) is 11.5 Å². The third kappa shape index (κ3) is 3.42. The van der Waals surface area contributed by atoms with Gasteiger partial charge in [0.2, 0.25) is 0 Å². The topological polar surface area (TPSA) is 99.1 Å². The van der Waals surface area contributed by atoms with Crippen LogP contribution >= 0.6 is 0 Å². The molecular formula is C24H20O7. The SMILES string of the molecule is Cc1c(CCC(=O)O)c(=O)oc2cc3occ(-c4ccc5c(c4)OCCCO5)c3cc12. The summed E-state index contributed by atoms with van der Waals surface area (Å²) in [5.74, 6) is 0.462. The molecule has 2 aromatic heterocycles. The van der Waals surface area contributed by atoms with Crippen LogP contribution in [0.3, 0.4) is 0 Å². The maximum Gasteiger partial charge on any atom is 0.339 e. The van der Waals surface area contributed by atoms with Gasteiger partial charge in [-0.15, -0.1) is 0 Å². The molecule has 0 saturated heterocycles. The molecule has 31 heavy (non-hydrogen) atoms. The van der Waals surface area contributed by atoms with E-state index in [2.05, 4.69) is 0 Å². The van der Waals surface area contributed by atoms with Crippen LogP contribution in [0.2, 0.25) is 0 Å². The number of hydrogen-bond donors (Lipinski definition) is 1. The van der Waals surface area contributed by atoms with Gasteiger partial charge in [-0.1, -0.05) is 6.07 Å². The van der Waals surface area contributed by atoms with Gasteiger partial charge in [0.25, 0.3) is 0 Å². The molecule has 0 spiro atoms. The van der Waals surface area contributed by atoms with E-state index in [0.29, 0.717) is 35.7 Å². The van der Waals surface area contributed by atoms with E-state index in [-0.39, 0.29) is 12.8 Å². The van der Waals surface area contributed by atoms with Gasteiger partial charge >= 0.3 is 11.6 Å². The van der Waals surface area contributed by atoms with Crippen molar-refractivity contribution in [2.45, 2.75) is 26.2 Å². The molecule has 7 heteroatoms. The number of aryl methyl sites for hydroxylation is 1. The van der Waals surface area contributed by atoms with Gasteiger partial charge in [-0.3, -0.25) is 4.79 Å². The highest BCUT2D eigenvalue weighted by Crippen LogP contribution is 2.39. The van der Waals surface area contributed by atoms with E-state index in [9.17, 15) is 9.59 Å². The average Bonchev–Trinajstić information content (AvgIpc) is 3.00. The van der Waals surface area contributed by atoms with Crippen LogP contribution in [0, 0.1) is 6.92 Å². The average molecular weight is 420 g/mol. The first kappa shape index (κ1) is 19.2. The van der Waals surface area contributed by atoms with Gasteiger partial charge in [0.1, 0.15) is 11.2 Å². The number of carboxylic acid groups (broad SMARTS) is 1. The molecule has 1 N–H and O–H groups in total. The van der Waals surface area contributed by atoms with Crippen molar-refractivity contribution in [3.05, 3.63) is 58.1 Å². The van der Waals surface area contributed by atoms with Gasteiger partial charge in [0.05, 0.1) is 19.5 Å². The summed E-state index contributed by atoms with van der Waals surface area (Å²) in [4.78, 5) is 23.3. The van der Waals surface area contributed by atoms with E-state index in [4.69, 9.17) is 23.4 Å². The summed E-state index contributed by atoms with van der Waals surface area (Å²) in [6, 6.07) is 9.41. The molecule has 0 unspecified atom stereocenters. The van der Waals surface area contributed by atoms with Gasteiger partial charge in [-0.05, 0) is 42.7 Å². The number of hydrogen-bond acceptors (Lipinski definition) is 6. The van der Waals surface area contributed by atoms with Crippen molar-refractivity contribution in [2.24, 2.45) is 0 Å². The van der Waals surface area contributed by atoms with Crippen LogP contribution in [0.25, 0.3) is 33.1 Å². The highest BCUT2D eigenvalue weighted by Gasteiger charge is 2.18. The highest BCUT2D eigenvalue weighted by atomic mass is 16.5. The first-order chi connectivity index (χ1) is 15.0. The maximum absolute atomic E-state index is 12.4. The lowest BCUT2D eigenvalue weighted by atomic mass is 9.99. The van der Waals surface area contributed by atoms with Crippen LogP contribution in [-0.2, 0) is 11.2 Å². The molecule has 1 aliphatic rings. The minimum atomic E-state index is -0.958. The molecule has 1 aliphatic heterocycles. The van der Waals surface area contributed by atoms with Crippen molar-refractivity contribution in [1.29, 1.82) is 0 Å². The van der Waals surface area contributed by atoms with Gasteiger partial charge in [-0.25, -0.2) is 4.79 Å². The lowest BCUT2D eigenvalue weighted by molar-refractivity contribution is -0.136. The molecule has 0 radical (unpaired) electrons. The highest BCUT2D eigenvalue weighted by molar-refractivity contribution is 6.02. The minimum Gasteiger partial charge on any atom is -0.490 e. The maximum atomic E-state index is 12.4. The summed E-state index contributed by atoms with van der Waals surface area (Å²) in [7, 11) is 0. The lowest BCUT2D eigenvalue weighted by Crippen LogP contribution is -2.12. The quantitative estimate of drug-likeness (QED) is 0.478. The Balaban J connectivity index is 1.65. The molecule has 5 rings (SSSR count). The van der Waals surface area contributed by atoms with Crippen LogP contribution in [0.1, 0.15) is 24.0 Å². The second-order valence-corrected chi connectivity index (χ2v) is 7.59. The smallest absolute Gasteiger partial charge is 0.339 e. The number of furan rings is 1. The molecule has 158 valence electrons. The van der Waals surface area contributed by atoms with Crippen molar-refractivity contribution in [1.82, 2.24) is 0 Å². The van der Waals surface area contributed by atoms with Crippen molar-refractivity contribution in [3.63, 3.8) is 0 Å². The van der Waals surface area contributed by atoms with E-state index in [1.165, 1.54) is 0 Å². The number of benzene rings is 2. The van der Waals surface area contributed by atoms with Gasteiger partial charge < -0.3 is 23.4 Å². The van der Waals surface area contributed by atoms with E-state index in [1.807, 2.05) is 31.2 Å². The van der Waals surface area contributed by atoms with Crippen molar-refractivity contribution < 1.29 is 28.2 Å². The van der Waals surface area contributed by atoms with Crippen molar-refractivity contribution in [3.8, 4) is 22.6 Å². The molecular weight excluding hydrogens is 400 g/mol. The zero-order chi connectivity index (χ0) is 21.5. The molecule has 3 heterocycles. The Morgan fingerprint density at radius 2 is 1.84 bits per heavy atom. The minimum absolute atomic E-state index is 0.123. The van der Waals surface area contributed by atoms with Crippen molar-refractivity contribution in [2.75, 3.05) is 13.2 Å². The zero-order valence-corrected chi connectivity index (χ0v) is 16.9. The summed E-state index contributed by atoms with van der Waals surface area (Å²) in [5.41, 5.74) is 3.40. The number of fused-ring (bicyclic) bond motifs is 3. The molecule has 2 aromatic carbocycles. The molecule has 0 amide bonds. The number of carbonyl (C=O) groups is 1. The first-order valence-electron chi connectivity index (χ1n) is 10.1. The zero-order valence-electron chi connectivity index (χ0n) is 16.9. The molecule has 0 aliphatic carbocycles. The third-order valence-electron chi connectivity index (χ3n) is 5.63. The second kappa shape index (κ2) is 7.50. The Morgan fingerprint density at radius 3 is 2.65 bits per heavy atom. The van der Waals surface area contributed by atoms with Crippen LogP contribution in [0.5, 0.6) is 11.5 Å². The number of aliphatic carboxylic acids is 1. The predicted octanol–water partition coefficient (Wildman–Crippen LogP) is 4.69. The summed E-state index contributed by atoms with van der Waals surface area (Å²) in [5, 5.41) is 10.6. The summed E-state index contributed by atoms with van der Waals surface area (Å²) >= 11 is 0. The first-order valence-corrected chi connectivity index (χ1v) is 10.1. The fourth-order valence-corrected chi connectivity index (χ4v) is 3.99. The van der Waals surface area contributed by atoms with Crippen LogP contribution in [-0.4, -0.2) is 24.3 Å². The summed E-state index contributed by atoms with van der Waals surface area (Å²) in [6.45, 7) is 3.04. The third-order valence-corrected chi connectivity index (χ3v) is 5.63. The van der Waals surface area contributed by atoms with E-state index in [1.54, 1.807) is 12.3 Å². The summed E-state index contributed by atoms with van der Waals surface area (Å²) < 4.78 is 22.8. The van der Waals surface area contributed by atoms with E-state index < -0.39 is 11.6 Å². The van der Waals surface area contributed by atoms with Crippen LogP contribution < -0.4 is 15.1 Å². The normalized spacial score (nSPS) is 13.5. The van der Waals surface area contributed by atoms with Crippen molar-refractivity contribution >= 4 is 27.9 Å². The summed E-state index contributed by atoms with van der Waals surface area (Å²) in [6.07, 6.45) is 2.49. The second-order valence-electron chi connectivity index (χ2n) is 7.59. The van der Waals surface area contributed by atoms with Crippen LogP contribution in [0.4, 0.5) is 0 Å².